The Morgan fingerprint density at radius 3 is 2.72 bits per heavy atom. The molecule has 1 heterocycles. The summed E-state index contributed by atoms with van der Waals surface area (Å²) in [4.78, 5) is 16.7. The molecule has 0 saturated heterocycles. The van der Waals surface area contributed by atoms with Crippen LogP contribution in [-0.4, -0.2) is 30.3 Å². The average molecular weight is 368 g/mol. The molecule has 122 valence electrons. The van der Waals surface area contributed by atoms with Crippen LogP contribution in [0, 0.1) is 0 Å². The van der Waals surface area contributed by atoms with Gasteiger partial charge in [-0.1, -0.05) is 48.0 Å². The van der Waals surface area contributed by atoms with Crippen molar-refractivity contribution < 1.29 is 9.90 Å². The molecule has 0 aliphatic carbocycles. The Bertz CT molecular complexity index is 945. The maximum Gasteiger partial charge on any atom is 0.336 e. The van der Waals surface area contributed by atoms with Gasteiger partial charge in [0.1, 0.15) is 0 Å². The molecule has 0 aliphatic heterocycles. The summed E-state index contributed by atoms with van der Waals surface area (Å²) in [7, 11) is 5.90. The Hall–Kier alpha value is -2.64. The molecule has 2 aromatic carbocycles. The van der Waals surface area contributed by atoms with Crippen LogP contribution in [0.15, 0.2) is 59.0 Å². The van der Waals surface area contributed by atoms with Gasteiger partial charge in [-0.25, -0.2) is 9.78 Å². The van der Waals surface area contributed by atoms with Crippen molar-refractivity contribution >= 4 is 48.2 Å². The van der Waals surface area contributed by atoms with E-state index in [1.165, 1.54) is 23.6 Å². The van der Waals surface area contributed by atoms with Gasteiger partial charge in [0.15, 0.2) is 5.13 Å². The maximum absolute atomic E-state index is 11.2. The summed E-state index contributed by atoms with van der Waals surface area (Å²) in [6.07, 6.45) is 1.39. The zero-order valence-corrected chi connectivity index (χ0v) is 14.4. The lowest BCUT2D eigenvalue weighted by Crippen LogP contribution is -2.11. The molecule has 0 amide bonds. The third-order valence-electron chi connectivity index (χ3n) is 3.35. The molecule has 0 saturated carbocycles. The fourth-order valence-corrected chi connectivity index (χ4v) is 3.08. The lowest BCUT2D eigenvalue weighted by Gasteiger charge is -2.09. The molecule has 3 aromatic rings. The molecule has 0 aliphatic rings. The molecule has 0 atom stereocenters. The number of nitrogens with zero attached hydrogens (tertiary/aromatic N) is 3. The fraction of sp³-hybridized carbons (Fsp3) is 0. The number of rotatable bonds is 5. The Balaban J connectivity index is 1.82. The van der Waals surface area contributed by atoms with Crippen LogP contribution < -0.4 is 4.92 Å². The molecule has 0 fully saturated rings. The van der Waals surface area contributed by atoms with Gasteiger partial charge in [0.2, 0.25) is 0 Å². The zero-order chi connectivity index (χ0) is 17.8. The number of carboxylic acid groups (broad SMARTS) is 1. The molecular formula is C17H11BClN3O2S. The van der Waals surface area contributed by atoms with Gasteiger partial charge in [-0.2, -0.15) is 5.10 Å². The molecule has 1 aromatic heterocycles. The Morgan fingerprint density at radius 1 is 1.24 bits per heavy atom. The van der Waals surface area contributed by atoms with Crippen LogP contribution in [-0.2, 0) is 0 Å². The second-order valence-electron chi connectivity index (χ2n) is 4.98. The summed E-state index contributed by atoms with van der Waals surface area (Å²) in [6.45, 7) is 0. The topological polar surface area (TPSA) is 65.8 Å². The van der Waals surface area contributed by atoms with Crippen molar-refractivity contribution in [2.24, 2.45) is 5.10 Å². The zero-order valence-electron chi connectivity index (χ0n) is 12.8. The van der Waals surface area contributed by atoms with E-state index >= 15 is 0 Å². The minimum Gasteiger partial charge on any atom is -0.478 e. The molecular weight excluding hydrogens is 357 g/mol. The smallest absolute Gasteiger partial charge is 0.336 e. The number of thiazole rings is 1. The minimum absolute atomic E-state index is 0.149. The van der Waals surface area contributed by atoms with E-state index in [9.17, 15) is 9.90 Å². The number of carboxylic acids is 1. The second-order valence-corrected chi connectivity index (χ2v) is 6.22. The summed E-state index contributed by atoms with van der Waals surface area (Å²) in [6, 6.07) is 13.9. The van der Waals surface area contributed by atoms with Crippen LogP contribution in [0.25, 0.3) is 11.3 Å². The van der Waals surface area contributed by atoms with Crippen LogP contribution in [0.1, 0.15) is 15.9 Å². The van der Waals surface area contributed by atoms with Crippen LogP contribution in [0.5, 0.6) is 0 Å². The number of anilines is 1. The van der Waals surface area contributed by atoms with E-state index in [4.69, 9.17) is 19.6 Å². The molecule has 3 rings (SSSR count). The highest BCUT2D eigenvalue weighted by molar-refractivity contribution is 7.14. The van der Waals surface area contributed by atoms with Gasteiger partial charge in [-0.15, -0.1) is 11.3 Å². The molecule has 2 radical (unpaired) electrons. The van der Waals surface area contributed by atoms with Crippen molar-refractivity contribution in [2.45, 2.75) is 0 Å². The number of hydrogen-bond donors (Lipinski definition) is 1. The first-order valence-corrected chi connectivity index (χ1v) is 8.43. The predicted octanol–water partition coefficient (Wildman–Crippen LogP) is 4.09. The first-order chi connectivity index (χ1) is 12.1. The number of aromatic carboxylic acids is 1. The molecule has 1 N–H and O–H groups in total. The van der Waals surface area contributed by atoms with Crippen molar-refractivity contribution in [1.29, 1.82) is 0 Å². The highest BCUT2D eigenvalue weighted by Crippen LogP contribution is 2.31. The lowest BCUT2D eigenvalue weighted by molar-refractivity contribution is 0.0697. The van der Waals surface area contributed by atoms with Gasteiger partial charge in [-0.05, 0) is 12.1 Å². The summed E-state index contributed by atoms with van der Waals surface area (Å²) < 4.78 is 0. The monoisotopic (exact) mass is 367 g/mol. The van der Waals surface area contributed by atoms with E-state index in [1.54, 1.807) is 24.3 Å². The lowest BCUT2D eigenvalue weighted by atomic mass is 10.1. The third kappa shape index (κ3) is 3.89. The summed E-state index contributed by atoms with van der Waals surface area (Å²) in [5.74, 6) is -1.03. The number of aromatic nitrogens is 1. The average Bonchev–Trinajstić information content (AvgIpc) is 3.10. The van der Waals surface area contributed by atoms with Gasteiger partial charge in [-0.3, -0.25) is 0 Å². The number of hydrazone groups is 1. The van der Waals surface area contributed by atoms with Gasteiger partial charge in [0.05, 0.1) is 17.5 Å². The number of carbonyl (C=O) groups is 1. The van der Waals surface area contributed by atoms with Gasteiger partial charge in [0.25, 0.3) is 7.98 Å². The van der Waals surface area contributed by atoms with Gasteiger partial charge >= 0.3 is 5.97 Å². The first kappa shape index (κ1) is 17.2. The van der Waals surface area contributed by atoms with E-state index in [1.807, 2.05) is 23.6 Å². The number of halogens is 1. The SMILES string of the molecule is [B]N(/N=C/c1ccccc1C(=O)O)c1nc(-c2ccccc2Cl)cs1. The Morgan fingerprint density at radius 2 is 1.96 bits per heavy atom. The Kier molecular flexibility index (Phi) is 5.16. The second kappa shape index (κ2) is 7.50. The molecule has 0 unspecified atom stereocenters. The molecule has 5 nitrogen and oxygen atoms in total. The van der Waals surface area contributed by atoms with Crippen molar-refractivity contribution in [2.75, 3.05) is 4.92 Å². The molecule has 0 bridgehead atoms. The van der Waals surface area contributed by atoms with E-state index in [2.05, 4.69) is 10.1 Å². The van der Waals surface area contributed by atoms with Crippen molar-refractivity contribution in [3.8, 4) is 11.3 Å². The van der Waals surface area contributed by atoms with Crippen molar-refractivity contribution in [1.82, 2.24) is 4.98 Å². The summed E-state index contributed by atoms with van der Waals surface area (Å²) >= 11 is 7.48. The predicted molar refractivity (Wildman–Crippen MR) is 102 cm³/mol. The summed E-state index contributed by atoms with van der Waals surface area (Å²) in [5, 5.41) is 16.1. The van der Waals surface area contributed by atoms with E-state index in [-0.39, 0.29) is 5.56 Å². The van der Waals surface area contributed by atoms with Crippen molar-refractivity contribution in [3.05, 3.63) is 70.1 Å². The van der Waals surface area contributed by atoms with Crippen LogP contribution in [0.2, 0.25) is 5.02 Å². The molecule has 25 heavy (non-hydrogen) atoms. The van der Waals surface area contributed by atoms with Crippen LogP contribution in [0.3, 0.4) is 0 Å². The minimum atomic E-state index is -1.03. The highest BCUT2D eigenvalue weighted by atomic mass is 35.5. The maximum atomic E-state index is 11.2. The number of benzene rings is 2. The normalized spacial score (nSPS) is 10.9. The highest BCUT2D eigenvalue weighted by Gasteiger charge is 2.11. The quantitative estimate of drug-likeness (QED) is 0.419. The van der Waals surface area contributed by atoms with Gasteiger partial charge in [0, 0.05) is 21.5 Å². The van der Waals surface area contributed by atoms with Crippen LogP contribution in [0.4, 0.5) is 5.13 Å². The largest absolute Gasteiger partial charge is 0.478 e. The standard InChI is InChI=1S/C17H11BClN3O2S/c18-22(20-9-11-5-1-2-6-12(11)16(23)24)17-21-15(10-25-17)13-7-3-4-8-14(13)19/h1-10H,(H,23,24)/b20-9+. The van der Waals surface area contributed by atoms with E-state index < -0.39 is 5.97 Å². The first-order valence-electron chi connectivity index (χ1n) is 7.18. The molecule has 0 spiro atoms. The Labute approximate surface area is 154 Å². The van der Waals surface area contributed by atoms with Crippen LogP contribution >= 0.6 is 22.9 Å². The van der Waals surface area contributed by atoms with E-state index in [0.29, 0.717) is 21.4 Å². The van der Waals surface area contributed by atoms with Gasteiger partial charge < -0.3 is 10.0 Å². The third-order valence-corrected chi connectivity index (χ3v) is 4.51. The number of hydrogen-bond acceptors (Lipinski definition) is 5. The molecule has 8 heteroatoms. The summed E-state index contributed by atoms with van der Waals surface area (Å²) in [5.41, 5.74) is 2.10. The van der Waals surface area contributed by atoms with Crippen molar-refractivity contribution in [3.63, 3.8) is 0 Å². The van der Waals surface area contributed by atoms with E-state index in [0.717, 1.165) is 10.5 Å². The fourth-order valence-electron chi connectivity index (χ4n) is 2.14.